The lowest BCUT2D eigenvalue weighted by atomic mass is 10.2. The second-order valence-electron chi connectivity index (χ2n) is 4.01. The molecule has 0 fully saturated rings. The van der Waals surface area contributed by atoms with Gasteiger partial charge in [-0.15, -0.1) is 11.3 Å². The summed E-state index contributed by atoms with van der Waals surface area (Å²) in [5.41, 5.74) is -0.0839. The van der Waals surface area contributed by atoms with Crippen LogP contribution in [-0.4, -0.2) is 17.6 Å². The second-order valence-corrected chi connectivity index (χ2v) is 5.59. The molecule has 0 saturated carbocycles. The first-order valence-electron chi connectivity index (χ1n) is 6.02. The van der Waals surface area contributed by atoms with Crippen LogP contribution < -0.4 is 5.32 Å². The summed E-state index contributed by atoms with van der Waals surface area (Å²) < 4.78 is 13.7. The van der Waals surface area contributed by atoms with Crippen molar-refractivity contribution in [1.82, 2.24) is 5.32 Å². The van der Waals surface area contributed by atoms with Crippen LogP contribution in [0.4, 0.5) is 4.39 Å². The number of nitrogens with one attached hydrogen (secondary N) is 1. The van der Waals surface area contributed by atoms with Gasteiger partial charge in [-0.25, -0.2) is 4.39 Å². The minimum Gasteiger partial charge on any atom is -0.384 e. The van der Waals surface area contributed by atoms with E-state index >= 15 is 0 Å². The van der Waals surface area contributed by atoms with E-state index in [1.807, 2.05) is 6.07 Å². The van der Waals surface area contributed by atoms with E-state index in [1.165, 1.54) is 29.5 Å². The number of rotatable bonds is 3. The zero-order chi connectivity index (χ0) is 15.2. The second kappa shape index (κ2) is 7.23. The van der Waals surface area contributed by atoms with Gasteiger partial charge in [0, 0.05) is 4.88 Å². The van der Waals surface area contributed by atoms with Gasteiger partial charge in [-0.05, 0) is 24.3 Å². The van der Waals surface area contributed by atoms with Gasteiger partial charge >= 0.3 is 0 Å². The molecule has 0 aliphatic heterocycles. The highest BCUT2D eigenvalue weighted by Gasteiger charge is 2.13. The zero-order valence-electron chi connectivity index (χ0n) is 10.8. The normalized spacial score (nSPS) is 9.86. The molecule has 0 spiro atoms. The molecule has 2 rings (SSSR count). The predicted molar refractivity (Wildman–Crippen MR) is 80.9 cm³/mol. The lowest BCUT2D eigenvalue weighted by Crippen LogP contribution is -2.23. The highest BCUT2D eigenvalue weighted by atomic mass is 35.5. The molecule has 1 aromatic carbocycles. The Morgan fingerprint density at radius 1 is 1.38 bits per heavy atom. The van der Waals surface area contributed by atoms with E-state index in [0.29, 0.717) is 0 Å². The monoisotopic (exact) mass is 323 g/mol. The van der Waals surface area contributed by atoms with Crippen LogP contribution in [0.2, 0.25) is 5.02 Å². The van der Waals surface area contributed by atoms with Gasteiger partial charge in [-0.1, -0.05) is 29.5 Å². The van der Waals surface area contributed by atoms with E-state index in [1.54, 1.807) is 6.07 Å². The zero-order valence-corrected chi connectivity index (χ0v) is 12.4. The molecular weight excluding hydrogens is 313 g/mol. The highest BCUT2D eigenvalue weighted by Crippen LogP contribution is 2.18. The summed E-state index contributed by atoms with van der Waals surface area (Å²) in [5.74, 6) is 4.08. The van der Waals surface area contributed by atoms with Crippen molar-refractivity contribution in [2.45, 2.75) is 6.54 Å². The van der Waals surface area contributed by atoms with Crippen LogP contribution in [0.5, 0.6) is 0 Å². The fourth-order valence-corrected chi connectivity index (χ4v) is 2.61. The Balaban J connectivity index is 2.01. The molecule has 0 atom stereocenters. The molecule has 0 unspecified atom stereocenters. The first-order chi connectivity index (χ1) is 10.1. The van der Waals surface area contributed by atoms with Crippen molar-refractivity contribution in [2.24, 2.45) is 0 Å². The molecule has 2 N–H and O–H groups in total. The first-order valence-corrected chi connectivity index (χ1v) is 7.22. The number of thiophene rings is 1. The van der Waals surface area contributed by atoms with Gasteiger partial charge in [0.05, 0.1) is 22.0 Å². The smallest absolute Gasteiger partial charge is 0.254 e. The Morgan fingerprint density at radius 2 is 2.19 bits per heavy atom. The van der Waals surface area contributed by atoms with Crippen molar-refractivity contribution in [2.75, 3.05) is 6.61 Å². The van der Waals surface area contributed by atoms with Crippen LogP contribution in [-0.2, 0) is 6.54 Å². The number of aliphatic hydroxyl groups excluding tert-OH is 1. The van der Waals surface area contributed by atoms with Crippen molar-refractivity contribution in [3.8, 4) is 11.8 Å². The van der Waals surface area contributed by atoms with Crippen LogP contribution in [0.15, 0.2) is 30.3 Å². The van der Waals surface area contributed by atoms with Crippen molar-refractivity contribution in [3.05, 3.63) is 56.5 Å². The molecule has 3 nitrogen and oxygen atoms in total. The molecule has 108 valence electrons. The molecule has 6 heteroatoms. The Labute approximate surface area is 130 Å². The molecule has 2 aromatic rings. The van der Waals surface area contributed by atoms with E-state index in [4.69, 9.17) is 16.7 Å². The van der Waals surface area contributed by atoms with Crippen LogP contribution >= 0.6 is 22.9 Å². The maximum absolute atomic E-state index is 13.7. The van der Waals surface area contributed by atoms with Crippen molar-refractivity contribution in [3.63, 3.8) is 0 Å². The minimum absolute atomic E-state index is 0.0830. The maximum Gasteiger partial charge on any atom is 0.254 e. The van der Waals surface area contributed by atoms with Crippen LogP contribution in [0.3, 0.4) is 0 Å². The quantitative estimate of drug-likeness (QED) is 0.853. The lowest BCUT2D eigenvalue weighted by molar-refractivity contribution is 0.0947. The van der Waals surface area contributed by atoms with Gasteiger partial charge in [0.2, 0.25) is 0 Å². The van der Waals surface area contributed by atoms with Crippen molar-refractivity contribution in [1.29, 1.82) is 0 Å². The van der Waals surface area contributed by atoms with Gasteiger partial charge in [0.1, 0.15) is 6.61 Å². The summed E-state index contributed by atoms with van der Waals surface area (Å²) in [5, 5.41) is 11.2. The lowest BCUT2D eigenvalue weighted by Gasteiger charge is -2.05. The summed E-state index contributed by atoms with van der Waals surface area (Å²) in [6.07, 6.45) is 0. The summed E-state index contributed by atoms with van der Waals surface area (Å²) in [6, 6.07) is 7.91. The maximum atomic E-state index is 13.7. The molecule has 0 radical (unpaired) electrons. The largest absolute Gasteiger partial charge is 0.384 e. The molecular formula is C15H11ClFNO2S. The Bertz CT molecular complexity index is 718. The average Bonchev–Trinajstić information content (AvgIpc) is 2.93. The first kappa shape index (κ1) is 15.5. The third-order valence-corrected chi connectivity index (χ3v) is 3.86. The third-order valence-electron chi connectivity index (χ3n) is 2.57. The SMILES string of the molecule is O=C(NCc1ccc(C#CCO)s1)c1cccc(Cl)c1F. The predicted octanol–water partition coefficient (Wildman–Crippen LogP) is 2.81. The van der Waals surface area contributed by atoms with Crippen molar-refractivity contribution < 1.29 is 14.3 Å². The molecule has 0 aliphatic carbocycles. The van der Waals surface area contributed by atoms with Gasteiger partial charge < -0.3 is 10.4 Å². The Morgan fingerprint density at radius 3 is 2.95 bits per heavy atom. The minimum atomic E-state index is -0.725. The van der Waals surface area contributed by atoms with E-state index in [0.717, 1.165) is 9.75 Å². The highest BCUT2D eigenvalue weighted by molar-refractivity contribution is 7.12. The van der Waals surface area contributed by atoms with E-state index in [2.05, 4.69) is 17.2 Å². The van der Waals surface area contributed by atoms with Crippen LogP contribution in [0, 0.1) is 17.7 Å². The van der Waals surface area contributed by atoms with Gasteiger partial charge in [-0.2, -0.15) is 0 Å². The number of halogens is 2. The summed E-state index contributed by atoms with van der Waals surface area (Å²) in [7, 11) is 0. The van der Waals surface area contributed by atoms with Crippen molar-refractivity contribution >= 4 is 28.8 Å². The molecule has 1 heterocycles. The fourth-order valence-electron chi connectivity index (χ4n) is 1.61. The number of benzene rings is 1. The Kier molecular flexibility index (Phi) is 5.34. The van der Waals surface area contributed by atoms with E-state index < -0.39 is 11.7 Å². The fraction of sp³-hybridized carbons (Fsp3) is 0.133. The van der Waals surface area contributed by atoms with Gasteiger partial charge in [-0.3, -0.25) is 4.79 Å². The topological polar surface area (TPSA) is 49.3 Å². The van der Waals surface area contributed by atoms with Crippen LogP contribution in [0.1, 0.15) is 20.1 Å². The standard InChI is InChI=1S/C15H11ClFNO2S/c16-13-5-1-4-12(14(13)17)15(20)18-9-11-7-6-10(21-11)3-2-8-19/h1,4-7,19H,8-9H2,(H,18,20). The number of carbonyl (C=O) groups is 1. The molecule has 1 amide bonds. The molecule has 1 aromatic heterocycles. The van der Waals surface area contributed by atoms with Crippen LogP contribution in [0.25, 0.3) is 0 Å². The number of carbonyl (C=O) groups excluding carboxylic acids is 1. The number of amides is 1. The molecule has 0 aliphatic rings. The third kappa shape index (κ3) is 4.05. The average molecular weight is 324 g/mol. The summed E-state index contributed by atoms with van der Waals surface area (Å²) in [6.45, 7) is 0.0776. The van der Waals surface area contributed by atoms with E-state index in [9.17, 15) is 9.18 Å². The summed E-state index contributed by atoms with van der Waals surface area (Å²) in [4.78, 5) is 13.6. The number of hydrogen-bond acceptors (Lipinski definition) is 3. The van der Waals surface area contributed by atoms with Gasteiger partial charge in [0.15, 0.2) is 5.82 Å². The molecule has 0 saturated heterocycles. The van der Waals surface area contributed by atoms with Gasteiger partial charge in [0.25, 0.3) is 5.91 Å². The molecule has 21 heavy (non-hydrogen) atoms. The van der Waals surface area contributed by atoms with E-state index in [-0.39, 0.29) is 23.7 Å². The molecule has 0 bridgehead atoms. The summed E-state index contributed by atoms with van der Waals surface area (Å²) >= 11 is 7.04. The number of aliphatic hydroxyl groups is 1. The number of hydrogen-bond donors (Lipinski definition) is 2. The Hall–Kier alpha value is -1.87.